The Hall–Kier alpha value is -1.56. The van der Waals surface area contributed by atoms with Gasteiger partial charge in [-0.15, -0.1) is 0 Å². The van der Waals surface area contributed by atoms with Crippen molar-refractivity contribution in [3.8, 4) is 5.75 Å². The van der Waals surface area contributed by atoms with Gasteiger partial charge in [0.1, 0.15) is 6.33 Å². The summed E-state index contributed by atoms with van der Waals surface area (Å²) in [5.74, 6) is 7.43. The van der Waals surface area contributed by atoms with Crippen LogP contribution in [-0.4, -0.2) is 29.7 Å². The van der Waals surface area contributed by atoms with E-state index in [0.29, 0.717) is 17.6 Å². The number of aromatic nitrogens is 2. The molecular formula is C12H21N5O. The van der Waals surface area contributed by atoms with Crippen molar-refractivity contribution in [2.45, 2.75) is 38.6 Å². The molecule has 0 spiro atoms. The van der Waals surface area contributed by atoms with Crippen molar-refractivity contribution >= 4 is 11.6 Å². The van der Waals surface area contributed by atoms with Crippen molar-refractivity contribution in [3.05, 3.63) is 6.33 Å². The third-order valence-corrected chi connectivity index (χ3v) is 3.45. The zero-order chi connectivity index (χ0) is 13.0. The Labute approximate surface area is 108 Å². The highest BCUT2D eigenvalue weighted by Gasteiger charge is 2.23. The molecule has 1 aromatic heterocycles. The average molecular weight is 251 g/mol. The Morgan fingerprint density at radius 3 is 2.94 bits per heavy atom. The summed E-state index contributed by atoms with van der Waals surface area (Å²) in [7, 11) is 1.62. The average Bonchev–Trinajstić information content (AvgIpc) is 2.62. The lowest BCUT2D eigenvalue weighted by molar-refractivity contribution is 0.410. The van der Waals surface area contributed by atoms with Crippen LogP contribution in [0.2, 0.25) is 0 Å². The Morgan fingerprint density at radius 1 is 1.39 bits per heavy atom. The summed E-state index contributed by atoms with van der Waals surface area (Å²) in [6.07, 6.45) is 6.43. The normalized spacial score (nSPS) is 20.4. The highest BCUT2D eigenvalue weighted by molar-refractivity contribution is 5.64. The summed E-state index contributed by atoms with van der Waals surface area (Å²) in [5, 5.41) is 0. The summed E-state index contributed by atoms with van der Waals surface area (Å²) in [4.78, 5) is 10.7. The molecule has 2 heterocycles. The lowest BCUT2D eigenvalue weighted by Gasteiger charge is -2.29. The quantitative estimate of drug-likeness (QED) is 0.627. The molecule has 6 nitrogen and oxygen atoms in total. The van der Waals surface area contributed by atoms with E-state index in [1.54, 1.807) is 7.11 Å². The van der Waals surface area contributed by atoms with Crippen molar-refractivity contribution in [1.82, 2.24) is 9.97 Å². The standard InChI is InChI=1S/C12H21N5O/c1-9-6-4-3-5-7-17(9)12-10(18-2)11(16-13)14-8-15-12/h8-9H,3-7,13H2,1-2H3,(H,14,15,16). The third kappa shape index (κ3) is 2.48. The zero-order valence-electron chi connectivity index (χ0n) is 11.0. The maximum absolute atomic E-state index is 5.45. The van der Waals surface area contributed by atoms with Crippen LogP contribution in [0.1, 0.15) is 32.6 Å². The number of nitrogens with one attached hydrogen (secondary N) is 1. The minimum Gasteiger partial charge on any atom is -0.490 e. The summed E-state index contributed by atoms with van der Waals surface area (Å²) < 4.78 is 5.40. The van der Waals surface area contributed by atoms with Gasteiger partial charge in [-0.25, -0.2) is 15.8 Å². The topological polar surface area (TPSA) is 76.3 Å². The smallest absolute Gasteiger partial charge is 0.205 e. The van der Waals surface area contributed by atoms with E-state index in [1.807, 2.05) is 0 Å². The molecule has 0 aromatic carbocycles. The molecule has 1 saturated heterocycles. The van der Waals surface area contributed by atoms with Crippen molar-refractivity contribution in [2.24, 2.45) is 5.84 Å². The molecular weight excluding hydrogens is 230 g/mol. The molecule has 6 heteroatoms. The monoisotopic (exact) mass is 251 g/mol. The fraction of sp³-hybridized carbons (Fsp3) is 0.667. The number of ether oxygens (including phenoxy) is 1. The van der Waals surface area contributed by atoms with Crippen LogP contribution < -0.4 is 20.9 Å². The van der Waals surface area contributed by atoms with E-state index < -0.39 is 0 Å². The molecule has 1 atom stereocenters. The number of anilines is 2. The van der Waals surface area contributed by atoms with Gasteiger partial charge >= 0.3 is 0 Å². The Bertz CT molecular complexity index is 398. The van der Waals surface area contributed by atoms with Gasteiger partial charge < -0.3 is 15.1 Å². The zero-order valence-corrected chi connectivity index (χ0v) is 11.0. The van der Waals surface area contributed by atoms with Crippen LogP contribution in [-0.2, 0) is 0 Å². The lowest BCUT2D eigenvalue weighted by Crippen LogP contribution is -2.33. The molecule has 100 valence electrons. The SMILES string of the molecule is COc1c(NN)ncnc1N1CCCCCC1C. The first-order chi connectivity index (χ1) is 8.77. The Morgan fingerprint density at radius 2 is 2.22 bits per heavy atom. The van der Waals surface area contributed by atoms with E-state index in [4.69, 9.17) is 10.6 Å². The molecule has 18 heavy (non-hydrogen) atoms. The van der Waals surface area contributed by atoms with E-state index in [-0.39, 0.29) is 0 Å². The van der Waals surface area contributed by atoms with Crippen molar-refractivity contribution in [1.29, 1.82) is 0 Å². The van der Waals surface area contributed by atoms with Gasteiger partial charge in [0.2, 0.25) is 5.75 Å². The second-order valence-corrected chi connectivity index (χ2v) is 4.62. The molecule has 0 aliphatic carbocycles. The number of methoxy groups -OCH3 is 1. The van der Waals surface area contributed by atoms with Crippen LogP contribution in [0.5, 0.6) is 5.75 Å². The first kappa shape index (κ1) is 12.9. The van der Waals surface area contributed by atoms with Crippen LogP contribution >= 0.6 is 0 Å². The largest absolute Gasteiger partial charge is 0.490 e. The highest BCUT2D eigenvalue weighted by atomic mass is 16.5. The van der Waals surface area contributed by atoms with Crippen LogP contribution in [0.15, 0.2) is 6.33 Å². The minimum absolute atomic E-state index is 0.460. The van der Waals surface area contributed by atoms with Crippen molar-refractivity contribution in [2.75, 3.05) is 24.0 Å². The summed E-state index contributed by atoms with van der Waals surface area (Å²) in [5.41, 5.74) is 2.55. The van der Waals surface area contributed by atoms with Gasteiger partial charge in [0.25, 0.3) is 0 Å². The predicted octanol–water partition coefficient (Wildman–Crippen LogP) is 1.54. The molecule has 0 saturated carbocycles. The van der Waals surface area contributed by atoms with Crippen LogP contribution in [0.3, 0.4) is 0 Å². The molecule has 1 unspecified atom stereocenters. The van der Waals surface area contributed by atoms with Gasteiger partial charge in [0.05, 0.1) is 7.11 Å². The maximum Gasteiger partial charge on any atom is 0.205 e. The molecule has 0 bridgehead atoms. The second kappa shape index (κ2) is 5.86. The van der Waals surface area contributed by atoms with Gasteiger partial charge in [-0.3, -0.25) is 0 Å². The molecule has 1 fully saturated rings. The summed E-state index contributed by atoms with van der Waals surface area (Å²) >= 11 is 0. The van der Waals surface area contributed by atoms with Crippen LogP contribution in [0.4, 0.5) is 11.6 Å². The van der Waals surface area contributed by atoms with Gasteiger partial charge in [-0.2, -0.15) is 0 Å². The summed E-state index contributed by atoms with van der Waals surface area (Å²) in [6.45, 7) is 3.22. The molecule has 1 aliphatic heterocycles. The van der Waals surface area contributed by atoms with Crippen LogP contribution in [0.25, 0.3) is 0 Å². The van der Waals surface area contributed by atoms with Gasteiger partial charge in [0.15, 0.2) is 11.6 Å². The Kier molecular flexibility index (Phi) is 4.19. The minimum atomic E-state index is 0.460. The molecule has 0 radical (unpaired) electrons. The van der Waals surface area contributed by atoms with E-state index in [1.165, 1.54) is 32.0 Å². The molecule has 1 aliphatic rings. The fourth-order valence-electron chi connectivity index (χ4n) is 2.45. The molecule has 2 rings (SSSR count). The van der Waals surface area contributed by atoms with Crippen LogP contribution in [0, 0.1) is 0 Å². The van der Waals surface area contributed by atoms with E-state index in [2.05, 4.69) is 27.2 Å². The van der Waals surface area contributed by atoms with E-state index >= 15 is 0 Å². The van der Waals surface area contributed by atoms with Gasteiger partial charge in [-0.1, -0.05) is 12.8 Å². The van der Waals surface area contributed by atoms with Gasteiger partial charge in [0, 0.05) is 12.6 Å². The fourth-order valence-corrected chi connectivity index (χ4v) is 2.45. The number of hydrogen-bond donors (Lipinski definition) is 2. The predicted molar refractivity (Wildman–Crippen MR) is 71.7 cm³/mol. The molecule has 3 N–H and O–H groups in total. The summed E-state index contributed by atoms with van der Waals surface area (Å²) in [6, 6.07) is 0.460. The molecule has 1 aromatic rings. The molecule has 0 amide bonds. The highest BCUT2D eigenvalue weighted by Crippen LogP contribution is 2.34. The number of hydrogen-bond acceptors (Lipinski definition) is 6. The number of rotatable bonds is 3. The van der Waals surface area contributed by atoms with Crippen molar-refractivity contribution in [3.63, 3.8) is 0 Å². The lowest BCUT2D eigenvalue weighted by atomic mass is 10.1. The Balaban J connectivity index is 2.36. The maximum atomic E-state index is 5.45. The first-order valence-corrected chi connectivity index (χ1v) is 6.40. The second-order valence-electron chi connectivity index (χ2n) is 4.62. The number of nitrogen functional groups attached to an aromatic ring is 1. The van der Waals surface area contributed by atoms with Crippen molar-refractivity contribution < 1.29 is 4.74 Å². The van der Waals surface area contributed by atoms with Gasteiger partial charge in [-0.05, 0) is 19.8 Å². The van der Waals surface area contributed by atoms with E-state index in [9.17, 15) is 0 Å². The number of nitrogens with zero attached hydrogens (tertiary/aromatic N) is 3. The van der Waals surface area contributed by atoms with E-state index in [0.717, 1.165) is 12.4 Å². The number of nitrogens with two attached hydrogens (primary N) is 1. The third-order valence-electron chi connectivity index (χ3n) is 3.45. The first-order valence-electron chi connectivity index (χ1n) is 6.40. The number of hydrazine groups is 1.